The van der Waals surface area contributed by atoms with Crippen molar-refractivity contribution in [3.8, 4) is 5.75 Å². The Kier molecular flexibility index (Phi) is 7.55. The van der Waals surface area contributed by atoms with Crippen molar-refractivity contribution in [2.45, 2.75) is 63.3 Å². The third kappa shape index (κ3) is 6.25. The Hall–Kier alpha value is -3.19. The first-order valence-electron chi connectivity index (χ1n) is 13.5. The van der Waals surface area contributed by atoms with Crippen LogP contribution in [0, 0.1) is 5.41 Å². The molecule has 0 atom stereocenters. The molecule has 1 aliphatic heterocycles. The molecule has 1 spiro atoms. The number of alkyl halides is 2. The van der Waals surface area contributed by atoms with E-state index in [0.29, 0.717) is 24.2 Å². The summed E-state index contributed by atoms with van der Waals surface area (Å²) in [6, 6.07) is 4.11. The molecule has 5 rings (SSSR count). The number of hydrogen-bond acceptors (Lipinski definition) is 7. The van der Waals surface area contributed by atoms with Crippen molar-refractivity contribution in [1.82, 2.24) is 4.57 Å². The number of aliphatic hydroxyl groups is 1. The number of piperidine rings is 1. The topological polar surface area (TPSA) is 141 Å². The summed E-state index contributed by atoms with van der Waals surface area (Å²) in [4.78, 5) is 28.2. The number of carbonyl (C=O) groups is 1. The van der Waals surface area contributed by atoms with E-state index in [1.165, 1.54) is 41.9 Å². The molecule has 13 heteroatoms. The van der Waals surface area contributed by atoms with Gasteiger partial charge >= 0.3 is 0 Å². The van der Waals surface area contributed by atoms with Crippen LogP contribution < -0.4 is 20.4 Å². The van der Waals surface area contributed by atoms with Gasteiger partial charge in [0.15, 0.2) is 5.75 Å². The second-order valence-corrected chi connectivity index (χ2v) is 13.1. The van der Waals surface area contributed by atoms with E-state index in [1.54, 1.807) is 6.07 Å². The number of amides is 1. The van der Waals surface area contributed by atoms with E-state index in [9.17, 15) is 31.9 Å². The largest absolute Gasteiger partial charge is 0.503 e. The number of nitrogens with zero attached hydrogens (tertiary/aromatic N) is 2. The monoisotopic (exact) mass is 580 g/mol. The molecule has 40 heavy (non-hydrogen) atoms. The predicted octanol–water partition coefficient (Wildman–Crippen LogP) is 3.67. The highest BCUT2D eigenvalue weighted by Crippen LogP contribution is 2.54. The number of hydrogen-bond donors (Lipinski definition) is 4. The Morgan fingerprint density at radius 2 is 1.73 bits per heavy atom. The number of pyridine rings is 1. The van der Waals surface area contributed by atoms with E-state index in [0.717, 1.165) is 12.8 Å². The van der Waals surface area contributed by atoms with Gasteiger partial charge in [-0.25, -0.2) is 17.2 Å². The number of anilines is 3. The number of halogens is 2. The van der Waals surface area contributed by atoms with Crippen molar-refractivity contribution in [1.29, 1.82) is 0 Å². The first-order valence-corrected chi connectivity index (χ1v) is 15.2. The molecular formula is C27H34F2N4O6S. The molecule has 2 saturated carbocycles. The molecule has 0 bridgehead atoms. The fourth-order valence-corrected chi connectivity index (χ4v) is 6.52. The molecule has 0 unspecified atom stereocenters. The van der Waals surface area contributed by atoms with Crippen LogP contribution >= 0.6 is 0 Å². The summed E-state index contributed by atoms with van der Waals surface area (Å²) in [6.07, 6.45) is 6.54. The average Bonchev–Trinajstić information content (AvgIpc) is 3.65. The zero-order valence-electron chi connectivity index (χ0n) is 22.0. The molecule has 1 saturated heterocycles. The van der Waals surface area contributed by atoms with Crippen LogP contribution in [0.15, 0.2) is 35.4 Å². The fraction of sp³-hybridized carbons (Fsp3) is 0.556. The van der Waals surface area contributed by atoms with Gasteiger partial charge in [0, 0.05) is 38.2 Å². The van der Waals surface area contributed by atoms with Gasteiger partial charge in [0.25, 0.3) is 5.91 Å². The number of carbonyl (C=O) groups excluding carboxylic acids is 1. The molecule has 1 amide bonds. The lowest BCUT2D eigenvalue weighted by atomic mass is 9.92. The summed E-state index contributed by atoms with van der Waals surface area (Å²) in [7, 11) is -3.79. The van der Waals surface area contributed by atoms with E-state index in [1.807, 2.05) is 4.90 Å². The smallest absolute Gasteiger partial charge is 0.257 e. The first-order chi connectivity index (χ1) is 18.9. The second-order valence-electron chi connectivity index (χ2n) is 11.2. The van der Waals surface area contributed by atoms with Crippen molar-refractivity contribution < 1.29 is 32.2 Å². The van der Waals surface area contributed by atoms with Gasteiger partial charge in [-0.1, -0.05) is 0 Å². The minimum absolute atomic E-state index is 0.164. The van der Waals surface area contributed by atoms with Gasteiger partial charge in [-0.2, -0.15) is 0 Å². The molecule has 3 aliphatic rings. The molecular weight excluding hydrogens is 546 g/mol. The SMILES string of the molecule is O=C(Nc1cn(C2CCC(F)(F)CC2)cc(O)c1=O)c1ccc(NS(=O)(=O)CCO)cc1N1CCC2(CC1)CC2. The predicted molar refractivity (Wildman–Crippen MR) is 147 cm³/mol. The van der Waals surface area contributed by atoms with Crippen LogP contribution in [0.3, 0.4) is 0 Å². The van der Waals surface area contributed by atoms with Crippen LogP contribution in [0.25, 0.3) is 0 Å². The van der Waals surface area contributed by atoms with Gasteiger partial charge in [-0.15, -0.1) is 0 Å². The van der Waals surface area contributed by atoms with Crippen LogP contribution in [0.1, 0.15) is 67.8 Å². The van der Waals surface area contributed by atoms with Crippen molar-refractivity contribution in [2.75, 3.05) is 40.4 Å². The van der Waals surface area contributed by atoms with Crippen molar-refractivity contribution in [2.24, 2.45) is 5.41 Å². The van der Waals surface area contributed by atoms with E-state index in [4.69, 9.17) is 5.11 Å². The summed E-state index contributed by atoms with van der Waals surface area (Å²) in [5.74, 6) is -4.44. The number of aromatic nitrogens is 1. The highest BCUT2D eigenvalue weighted by Gasteiger charge is 2.44. The minimum atomic E-state index is -3.79. The number of nitrogens with one attached hydrogen (secondary N) is 2. The van der Waals surface area contributed by atoms with E-state index in [2.05, 4.69) is 10.0 Å². The molecule has 3 fully saturated rings. The maximum Gasteiger partial charge on any atom is 0.257 e. The van der Waals surface area contributed by atoms with E-state index >= 15 is 0 Å². The summed E-state index contributed by atoms with van der Waals surface area (Å²) in [6.45, 7) is 0.818. The fourth-order valence-electron chi connectivity index (χ4n) is 5.69. The number of benzene rings is 1. The van der Waals surface area contributed by atoms with E-state index in [-0.39, 0.29) is 48.7 Å². The standard InChI is InChI=1S/C27H34F2N4O6S/c28-27(29)5-3-19(4-6-27)33-16-21(24(36)23(35)17-33)30-25(37)20-2-1-18(31-40(38,39)14-13-34)15-22(20)32-11-9-26(7-8-26)10-12-32/h1-2,15-17,19,31,34-35H,3-14H2,(H,30,37). The van der Waals surface area contributed by atoms with Gasteiger partial charge in [-0.3, -0.25) is 14.3 Å². The second kappa shape index (κ2) is 10.7. The van der Waals surface area contributed by atoms with Gasteiger partial charge in [0.1, 0.15) is 5.69 Å². The lowest BCUT2D eigenvalue weighted by Gasteiger charge is -2.35. The van der Waals surface area contributed by atoms with Crippen LogP contribution in [0.5, 0.6) is 5.75 Å². The molecule has 4 N–H and O–H groups in total. The normalized spacial score (nSPS) is 20.3. The van der Waals surface area contributed by atoms with Gasteiger partial charge in [0.05, 0.1) is 35.5 Å². The molecule has 2 aromatic rings. The maximum absolute atomic E-state index is 13.7. The number of aromatic hydroxyl groups is 1. The number of rotatable bonds is 8. The Labute approximate surface area is 231 Å². The van der Waals surface area contributed by atoms with Gasteiger partial charge in [0.2, 0.25) is 21.4 Å². The molecule has 1 aromatic heterocycles. The third-order valence-corrected chi connectivity index (χ3v) is 9.65. The zero-order chi connectivity index (χ0) is 28.7. The Morgan fingerprint density at radius 3 is 2.35 bits per heavy atom. The quantitative estimate of drug-likeness (QED) is 0.373. The lowest BCUT2D eigenvalue weighted by Crippen LogP contribution is -2.36. The molecule has 1 aromatic carbocycles. The van der Waals surface area contributed by atoms with Crippen LogP contribution in [0.2, 0.25) is 0 Å². The number of sulfonamides is 1. The maximum atomic E-state index is 13.7. The Bertz CT molecular complexity index is 1440. The number of aliphatic hydroxyl groups excluding tert-OH is 1. The first kappa shape index (κ1) is 28.3. The van der Waals surface area contributed by atoms with Crippen molar-refractivity contribution in [3.63, 3.8) is 0 Å². The van der Waals surface area contributed by atoms with Crippen LogP contribution in [0.4, 0.5) is 25.8 Å². The molecule has 2 heterocycles. The minimum Gasteiger partial charge on any atom is -0.503 e. The lowest BCUT2D eigenvalue weighted by molar-refractivity contribution is -0.0440. The highest BCUT2D eigenvalue weighted by molar-refractivity contribution is 7.92. The highest BCUT2D eigenvalue weighted by atomic mass is 32.2. The molecule has 10 nitrogen and oxygen atoms in total. The Morgan fingerprint density at radius 1 is 1.05 bits per heavy atom. The summed E-state index contributed by atoms with van der Waals surface area (Å²) in [5.41, 5.74) is 0.316. The van der Waals surface area contributed by atoms with Crippen molar-refractivity contribution in [3.05, 3.63) is 46.4 Å². The van der Waals surface area contributed by atoms with E-state index < -0.39 is 45.4 Å². The summed E-state index contributed by atoms with van der Waals surface area (Å²) in [5, 5.41) is 21.9. The van der Waals surface area contributed by atoms with Gasteiger partial charge in [-0.05, 0) is 62.1 Å². The zero-order valence-corrected chi connectivity index (χ0v) is 22.9. The molecule has 2 aliphatic carbocycles. The molecule has 0 radical (unpaired) electrons. The van der Waals surface area contributed by atoms with Gasteiger partial charge < -0.3 is 25.0 Å². The van der Waals surface area contributed by atoms with Crippen LogP contribution in [-0.4, -0.2) is 60.5 Å². The Balaban J connectivity index is 1.42. The summed E-state index contributed by atoms with van der Waals surface area (Å²) >= 11 is 0. The summed E-state index contributed by atoms with van der Waals surface area (Å²) < 4.78 is 55.7. The van der Waals surface area contributed by atoms with Crippen molar-refractivity contribution >= 4 is 33.0 Å². The third-order valence-electron chi connectivity index (χ3n) is 8.38. The average molecular weight is 581 g/mol. The van der Waals surface area contributed by atoms with Crippen LogP contribution in [-0.2, 0) is 10.0 Å². The molecule has 218 valence electrons.